The van der Waals surface area contributed by atoms with Gasteiger partial charge in [-0.2, -0.15) is 0 Å². The second kappa shape index (κ2) is 7.61. The Labute approximate surface area is 167 Å². The molecule has 1 aliphatic heterocycles. The number of nitrogens with zero attached hydrogens (tertiary/aromatic N) is 1. The minimum absolute atomic E-state index is 0.0869. The molecule has 0 fully saturated rings. The van der Waals surface area contributed by atoms with E-state index in [-0.39, 0.29) is 5.91 Å². The standard InChI is InChI=1S/C25H26N2O/c1-18(28)27-17-22-16-21(23-9-5-7-11-25(23)26(2)3)15-13-19(22)12-14-20-8-4-6-10-24(20)27/h4-11,13,15-16H,12,14,17H2,1-3H3/p+1. The molecular formula is C25H27N2O+. The van der Waals surface area contributed by atoms with Crippen LogP contribution in [0, 0.1) is 0 Å². The molecule has 0 atom stereocenters. The summed E-state index contributed by atoms with van der Waals surface area (Å²) in [6.45, 7) is 2.28. The van der Waals surface area contributed by atoms with Crippen molar-refractivity contribution in [1.82, 2.24) is 0 Å². The molecule has 0 radical (unpaired) electrons. The van der Waals surface area contributed by atoms with Crippen molar-refractivity contribution in [2.75, 3.05) is 19.0 Å². The molecule has 28 heavy (non-hydrogen) atoms. The van der Waals surface area contributed by atoms with Gasteiger partial charge in [0.25, 0.3) is 0 Å². The van der Waals surface area contributed by atoms with Crippen molar-refractivity contribution in [2.45, 2.75) is 26.3 Å². The minimum atomic E-state index is 0.0869. The Hall–Kier alpha value is -2.91. The zero-order valence-electron chi connectivity index (χ0n) is 16.8. The number of fused-ring (bicyclic) bond motifs is 2. The molecule has 0 saturated heterocycles. The fourth-order valence-corrected chi connectivity index (χ4v) is 4.15. The summed E-state index contributed by atoms with van der Waals surface area (Å²) in [6, 6.07) is 23.6. The van der Waals surface area contributed by atoms with Crippen LogP contribution in [0.15, 0.2) is 66.7 Å². The van der Waals surface area contributed by atoms with Crippen LogP contribution in [0.5, 0.6) is 0 Å². The lowest BCUT2D eigenvalue weighted by Gasteiger charge is -2.28. The smallest absolute Gasteiger partial charge is 0.224 e. The zero-order valence-corrected chi connectivity index (χ0v) is 16.8. The van der Waals surface area contributed by atoms with Gasteiger partial charge in [-0.15, -0.1) is 0 Å². The predicted octanol–water partition coefficient (Wildman–Crippen LogP) is 3.78. The van der Waals surface area contributed by atoms with Crippen molar-refractivity contribution >= 4 is 17.3 Å². The number of hydrogen-bond acceptors (Lipinski definition) is 1. The maximum atomic E-state index is 12.5. The van der Waals surface area contributed by atoms with Gasteiger partial charge in [-0.3, -0.25) is 4.79 Å². The van der Waals surface area contributed by atoms with E-state index in [1.165, 1.54) is 38.4 Å². The number of carbonyl (C=O) groups is 1. The molecule has 0 bridgehead atoms. The van der Waals surface area contributed by atoms with Gasteiger partial charge in [0.2, 0.25) is 5.91 Å². The van der Waals surface area contributed by atoms with E-state index in [4.69, 9.17) is 0 Å². The van der Waals surface area contributed by atoms with Crippen LogP contribution in [0.4, 0.5) is 11.4 Å². The lowest BCUT2D eigenvalue weighted by Crippen LogP contribution is -3.00. The van der Waals surface area contributed by atoms with Gasteiger partial charge in [0.15, 0.2) is 0 Å². The van der Waals surface area contributed by atoms with Crippen LogP contribution >= 0.6 is 0 Å². The van der Waals surface area contributed by atoms with Gasteiger partial charge in [-0.05, 0) is 59.4 Å². The summed E-state index contributed by atoms with van der Waals surface area (Å²) < 4.78 is 0. The van der Waals surface area contributed by atoms with E-state index in [0.29, 0.717) is 6.54 Å². The van der Waals surface area contributed by atoms with Crippen LogP contribution in [0.1, 0.15) is 23.6 Å². The van der Waals surface area contributed by atoms with Crippen LogP contribution in [-0.4, -0.2) is 20.0 Å². The van der Waals surface area contributed by atoms with Crippen molar-refractivity contribution < 1.29 is 9.69 Å². The molecule has 1 heterocycles. The molecular weight excluding hydrogens is 344 g/mol. The molecule has 0 saturated carbocycles. The van der Waals surface area contributed by atoms with Gasteiger partial charge in [0, 0.05) is 18.2 Å². The number of para-hydroxylation sites is 2. The van der Waals surface area contributed by atoms with Crippen LogP contribution < -0.4 is 9.80 Å². The molecule has 0 aromatic heterocycles. The zero-order chi connectivity index (χ0) is 19.7. The molecule has 142 valence electrons. The molecule has 1 aliphatic rings. The van der Waals surface area contributed by atoms with Crippen LogP contribution in [0.3, 0.4) is 0 Å². The van der Waals surface area contributed by atoms with Gasteiger partial charge in [-0.25, -0.2) is 0 Å². The topological polar surface area (TPSA) is 24.8 Å². The van der Waals surface area contributed by atoms with Crippen molar-refractivity contribution in [3.05, 3.63) is 83.4 Å². The highest BCUT2D eigenvalue weighted by Crippen LogP contribution is 2.32. The Bertz CT molecular complexity index is 1020. The van der Waals surface area contributed by atoms with Crippen LogP contribution in [0.25, 0.3) is 11.1 Å². The third-order valence-corrected chi connectivity index (χ3v) is 5.64. The monoisotopic (exact) mass is 371 g/mol. The lowest BCUT2D eigenvalue weighted by molar-refractivity contribution is -0.786. The number of benzene rings is 3. The molecule has 3 nitrogen and oxygen atoms in total. The Morgan fingerprint density at radius 3 is 2.36 bits per heavy atom. The first-order valence-electron chi connectivity index (χ1n) is 9.92. The summed E-state index contributed by atoms with van der Waals surface area (Å²) in [7, 11) is 4.31. The SMILES string of the molecule is CC(=O)N1Cc2cc(-c3ccccc3[NH+](C)C)ccc2CCc2ccccc21. The average molecular weight is 372 g/mol. The Morgan fingerprint density at radius 1 is 0.857 bits per heavy atom. The molecule has 1 amide bonds. The van der Waals surface area contributed by atoms with Crippen molar-refractivity contribution in [3.63, 3.8) is 0 Å². The van der Waals surface area contributed by atoms with E-state index in [1.807, 2.05) is 11.0 Å². The highest BCUT2D eigenvalue weighted by Gasteiger charge is 2.21. The lowest BCUT2D eigenvalue weighted by atomic mass is 9.92. The first kappa shape index (κ1) is 18.5. The first-order valence-corrected chi connectivity index (χ1v) is 9.92. The molecule has 3 aromatic rings. The van der Waals surface area contributed by atoms with Crippen molar-refractivity contribution in [1.29, 1.82) is 0 Å². The van der Waals surface area contributed by atoms with Crippen LogP contribution in [-0.2, 0) is 24.2 Å². The molecule has 0 spiro atoms. The number of nitrogens with one attached hydrogen (secondary N) is 1. The molecule has 4 rings (SSSR count). The number of carbonyl (C=O) groups excluding carboxylic acids is 1. The summed E-state index contributed by atoms with van der Waals surface area (Å²) in [4.78, 5) is 15.7. The van der Waals surface area contributed by atoms with E-state index in [1.54, 1.807) is 6.92 Å². The third-order valence-electron chi connectivity index (χ3n) is 5.64. The van der Waals surface area contributed by atoms with E-state index in [0.717, 1.165) is 18.5 Å². The molecule has 0 aliphatic carbocycles. The molecule has 3 heteroatoms. The Kier molecular flexibility index (Phi) is 5.01. The highest BCUT2D eigenvalue weighted by molar-refractivity contribution is 5.92. The van der Waals surface area contributed by atoms with Crippen molar-refractivity contribution in [2.24, 2.45) is 0 Å². The fourth-order valence-electron chi connectivity index (χ4n) is 4.15. The Morgan fingerprint density at radius 2 is 1.57 bits per heavy atom. The third kappa shape index (κ3) is 3.46. The summed E-state index contributed by atoms with van der Waals surface area (Å²) >= 11 is 0. The van der Waals surface area contributed by atoms with E-state index in [9.17, 15) is 4.79 Å². The predicted molar refractivity (Wildman–Crippen MR) is 115 cm³/mol. The number of aryl methyl sites for hydroxylation is 2. The van der Waals surface area contributed by atoms with Gasteiger partial charge in [0.05, 0.1) is 20.6 Å². The average Bonchev–Trinajstić information content (AvgIpc) is 2.69. The van der Waals surface area contributed by atoms with Crippen LogP contribution in [0.2, 0.25) is 0 Å². The van der Waals surface area contributed by atoms with E-state index in [2.05, 4.69) is 74.8 Å². The molecule has 3 aromatic carbocycles. The van der Waals surface area contributed by atoms with Gasteiger partial charge in [-0.1, -0.05) is 42.5 Å². The molecule has 0 unspecified atom stereocenters. The Balaban J connectivity index is 1.79. The first-order chi connectivity index (χ1) is 13.5. The maximum absolute atomic E-state index is 12.5. The second-order valence-electron chi connectivity index (χ2n) is 7.76. The normalized spacial score (nSPS) is 13.5. The van der Waals surface area contributed by atoms with Gasteiger partial charge < -0.3 is 9.80 Å². The van der Waals surface area contributed by atoms with Gasteiger partial charge in [0.1, 0.15) is 5.69 Å². The fraction of sp³-hybridized carbons (Fsp3) is 0.240. The van der Waals surface area contributed by atoms with Gasteiger partial charge >= 0.3 is 0 Å². The largest absolute Gasteiger partial charge is 0.308 e. The second-order valence-corrected chi connectivity index (χ2v) is 7.76. The number of anilines is 1. The number of rotatable bonds is 2. The quantitative estimate of drug-likeness (QED) is 0.729. The maximum Gasteiger partial charge on any atom is 0.224 e. The highest BCUT2D eigenvalue weighted by atomic mass is 16.2. The summed E-state index contributed by atoms with van der Waals surface area (Å²) in [5.74, 6) is 0.0869. The van der Waals surface area contributed by atoms with E-state index < -0.39 is 0 Å². The minimum Gasteiger partial charge on any atom is -0.308 e. The number of hydrogen-bond donors (Lipinski definition) is 1. The number of quaternary nitrogens is 1. The van der Waals surface area contributed by atoms with E-state index >= 15 is 0 Å². The molecule has 1 N–H and O–H groups in total. The summed E-state index contributed by atoms with van der Waals surface area (Å²) in [5.41, 5.74) is 8.61. The summed E-state index contributed by atoms with van der Waals surface area (Å²) in [5, 5.41) is 0. The number of amides is 1. The summed E-state index contributed by atoms with van der Waals surface area (Å²) in [6.07, 6.45) is 1.95. The van der Waals surface area contributed by atoms with Crippen molar-refractivity contribution in [3.8, 4) is 11.1 Å².